The lowest BCUT2D eigenvalue weighted by Gasteiger charge is -2.27. The minimum atomic E-state index is -1.15. The van der Waals surface area contributed by atoms with Crippen LogP contribution in [0.5, 0.6) is 0 Å². The summed E-state index contributed by atoms with van der Waals surface area (Å²) in [6.45, 7) is 7.79. The number of hydrogen-bond donors (Lipinski definition) is 1. The molecular formula is C15H23NO3S. The van der Waals surface area contributed by atoms with Crippen molar-refractivity contribution in [3.63, 3.8) is 0 Å². The van der Waals surface area contributed by atoms with Crippen molar-refractivity contribution in [1.82, 2.24) is 4.72 Å². The maximum absolute atomic E-state index is 12.2. The third-order valence-corrected chi connectivity index (χ3v) is 4.53. The molecule has 1 aromatic rings. The van der Waals surface area contributed by atoms with E-state index in [-0.39, 0.29) is 16.8 Å². The Hall–Kier alpha value is -1.04. The highest BCUT2D eigenvalue weighted by atomic mass is 32.2. The van der Waals surface area contributed by atoms with Gasteiger partial charge in [0.25, 0.3) is 0 Å². The zero-order chi connectivity index (χ0) is 15.3. The molecule has 0 unspecified atom stereocenters. The van der Waals surface area contributed by atoms with Gasteiger partial charge in [0.1, 0.15) is 4.75 Å². The molecule has 0 amide bonds. The van der Waals surface area contributed by atoms with Gasteiger partial charge in [0.05, 0.1) is 18.7 Å². The molecular weight excluding hydrogens is 274 g/mol. The van der Waals surface area contributed by atoms with Crippen molar-refractivity contribution < 1.29 is 14.1 Å². The van der Waals surface area contributed by atoms with Crippen molar-refractivity contribution in [1.29, 1.82) is 0 Å². The molecule has 0 aliphatic heterocycles. The largest absolute Gasteiger partial charge is 0.598 e. The molecule has 0 aliphatic rings. The second kappa shape index (κ2) is 7.11. The fraction of sp³-hybridized carbons (Fsp3) is 0.533. The van der Waals surface area contributed by atoms with E-state index in [0.717, 1.165) is 12.0 Å². The number of esters is 1. The lowest BCUT2D eigenvalue weighted by atomic mass is 10.0. The smallest absolute Gasteiger partial charge is 0.337 e. The van der Waals surface area contributed by atoms with Crippen LogP contribution in [-0.4, -0.2) is 22.4 Å². The molecule has 0 radical (unpaired) electrons. The van der Waals surface area contributed by atoms with Crippen molar-refractivity contribution in [2.45, 2.75) is 44.9 Å². The van der Waals surface area contributed by atoms with E-state index >= 15 is 0 Å². The highest BCUT2D eigenvalue weighted by Crippen LogP contribution is 2.23. The molecule has 0 spiro atoms. The van der Waals surface area contributed by atoms with E-state index in [4.69, 9.17) is 4.74 Å². The molecule has 0 bridgehead atoms. The van der Waals surface area contributed by atoms with Gasteiger partial charge in [0.15, 0.2) is 0 Å². The number of ether oxygens (including phenoxy) is 1. The Labute approximate surface area is 124 Å². The van der Waals surface area contributed by atoms with Gasteiger partial charge in [-0.3, -0.25) is 0 Å². The summed E-state index contributed by atoms with van der Waals surface area (Å²) in [6.07, 6.45) is 0.784. The van der Waals surface area contributed by atoms with Gasteiger partial charge in [0, 0.05) is 11.4 Å². The van der Waals surface area contributed by atoms with Crippen molar-refractivity contribution in [3.8, 4) is 0 Å². The van der Waals surface area contributed by atoms with Crippen LogP contribution < -0.4 is 4.72 Å². The van der Waals surface area contributed by atoms with Gasteiger partial charge >= 0.3 is 5.97 Å². The summed E-state index contributed by atoms with van der Waals surface area (Å²) in [6, 6.07) is 7.18. The van der Waals surface area contributed by atoms with E-state index < -0.39 is 11.4 Å². The predicted octanol–water partition coefficient (Wildman–Crippen LogP) is 2.98. The summed E-state index contributed by atoms with van der Waals surface area (Å²) in [7, 11) is 1.36. The maximum atomic E-state index is 12.2. The van der Waals surface area contributed by atoms with E-state index in [2.05, 4.69) is 4.72 Å². The second-order valence-corrected chi connectivity index (χ2v) is 7.57. The highest BCUT2D eigenvalue weighted by Gasteiger charge is 2.29. The molecule has 2 atom stereocenters. The zero-order valence-corrected chi connectivity index (χ0v) is 13.5. The van der Waals surface area contributed by atoms with Gasteiger partial charge in [-0.1, -0.05) is 19.1 Å². The van der Waals surface area contributed by atoms with Crippen LogP contribution in [0, 0.1) is 0 Å². The van der Waals surface area contributed by atoms with Crippen LogP contribution in [0.3, 0.4) is 0 Å². The Balaban J connectivity index is 2.93. The topological polar surface area (TPSA) is 61.4 Å². The maximum Gasteiger partial charge on any atom is 0.337 e. The molecule has 112 valence electrons. The molecule has 1 N–H and O–H groups in total. The van der Waals surface area contributed by atoms with E-state index in [1.807, 2.05) is 39.8 Å². The number of carbonyl (C=O) groups excluding carboxylic acids is 1. The summed E-state index contributed by atoms with van der Waals surface area (Å²) in [5, 5.41) is 0. The Morgan fingerprint density at radius 3 is 2.60 bits per heavy atom. The SMILES string of the molecule is CC[C@H](N[S@@+]([O-])C(C)(C)C)c1cccc(C(=O)OC)c1. The molecule has 20 heavy (non-hydrogen) atoms. The standard InChI is InChI=1S/C15H23NO3S/c1-6-13(16-20(18)15(2,3)4)11-8-7-9-12(10-11)14(17)19-5/h7-10,13,16H,6H2,1-5H3/t13-,20-/m0/s1. The molecule has 1 rings (SSSR count). The molecule has 4 nitrogen and oxygen atoms in total. The van der Waals surface area contributed by atoms with Gasteiger partial charge in [-0.25, -0.2) is 4.79 Å². The third kappa shape index (κ3) is 4.51. The van der Waals surface area contributed by atoms with Gasteiger partial charge < -0.3 is 9.29 Å². The van der Waals surface area contributed by atoms with Crippen molar-refractivity contribution >= 4 is 17.3 Å². The molecule has 0 saturated carbocycles. The van der Waals surface area contributed by atoms with Crippen molar-refractivity contribution in [2.75, 3.05) is 7.11 Å². The van der Waals surface area contributed by atoms with E-state index in [1.54, 1.807) is 12.1 Å². The van der Waals surface area contributed by atoms with Gasteiger partial charge in [-0.2, -0.15) is 0 Å². The second-order valence-electron chi connectivity index (χ2n) is 5.58. The lowest BCUT2D eigenvalue weighted by Crippen LogP contribution is -2.41. The van der Waals surface area contributed by atoms with Crippen LogP contribution in [0.1, 0.15) is 56.1 Å². The molecule has 1 aromatic carbocycles. The van der Waals surface area contributed by atoms with Crippen LogP contribution in [0.25, 0.3) is 0 Å². The molecule has 0 aromatic heterocycles. The summed E-state index contributed by atoms with van der Waals surface area (Å²) in [5.74, 6) is -0.362. The van der Waals surface area contributed by atoms with E-state index in [9.17, 15) is 9.35 Å². The number of hydrogen-bond acceptors (Lipinski definition) is 4. The zero-order valence-electron chi connectivity index (χ0n) is 12.7. The minimum Gasteiger partial charge on any atom is -0.598 e. The number of benzene rings is 1. The first kappa shape index (κ1) is 17.0. The van der Waals surface area contributed by atoms with Crippen LogP contribution in [-0.2, 0) is 16.1 Å². The monoisotopic (exact) mass is 297 g/mol. The predicted molar refractivity (Wildman–Crippen MR) is 81.8 cm³/mol. The first-order valence-electron chi connectivity index (χ1n) is 6.66. The Kier molecular flexibility index (Phi) is 6.05. The Morgan fingerprint density at radius 1 is 1.45 bits per heavy atom. The number of nitrogens with one attached hydrogen (secondary N) is 1. The van der Waals surface area contributed by atoms with Crippen molar-refractivity contribution in [3.05, 3.63) is 35.4 Å². The average Bonchev–Trinajstić information content (AvgIpc) is 2.42. The fourth-order valence-corrected chi connectivity index (χ4v) is 2.61. The molecule has 0 saturated heterocycles. The molecule has 0 fully saturated rings. The Bertz CT molecular complexity index is 457. The summed E-state index contributed by atoms with van der Waals surface area (Å²) < 4.78 is 19.7. The first-order valence-corrected chi connectivity index (χ1v) is 7.81. The van der Waals surface area contributed by atoms with E-state index in [0.29, 0.717) is 5.56 Å². The Morgan fingerprint density at radius 2 is 2.10 bits per heavy atom. The normalized spacial score (nSPS) is 14.7. The van der Waals surface area contributed by atoms with Gasteiger partial charge in [-0.15, -0.1) is 4.72 Å². The molecule has 5 heteroatoms. The molecule has 0 heterocycles. The summed E-state index contributed by atoms with van der Waals surface area (Å²) in [5.41, 5.74) is 1.44. The van der Waals surface area contributed by atoms with Gasteiger partial charge in [0.2, 0.25) is 0 Å². The molecule has 0 aliphatic carbocycles. The number of methoxy groups -OCH3 is 1. The third-order valence-electron chi connectivity index (χ3n) is 2.92. The summed E-state index contributed by atoms with van der Waals surface area (Å²) >= 11 is -1.15. The van der Waals surface area contributed by atoms with Crippen LogP contribution in [0.2, 0.25) is 0 Å². The quantitative estimate of drug-likeness (QED) is 0.670. The van der Waals surface area contributed by atoms with Crippen LogP contribution in [0.4, 0.5) is 0 Å². The van der Waals surface area contributed by atoms with Crippen molar-refractivity contribution in [2.24, 2.45) is 0 Å². The number of rotatable bonds is 5. The summed E-state index contributed by atoms with van der Waals surface area (Å²) in [4.78, 5) is 11.6. The highest BCUT2D eigenvalue weighted by molar-refractivity contribution is 7.90. The van der Waals surface area contributed by atoms with Crippen LogP contribution in [0.15, 0.2) is 24.3 Å². The lowest BCUT2D eigenvalue weighted by molar-refractivity contribution is 0.0600. The first-order chi connectivity index (χ1) is 9.29. The van der Waals surface area contributed by atoms with E-state index in [1.165, 1.54) is 7.11 Å². The van der Waals surface area contributed by atoms with Gasteiger partial charge in [-0.05, 0) is 44.9 Å². The number of carbonyl (C=O) groups is 1. The fourth-order valence-electron chi connectivity index (χ4n) is 1.69. The average molecular weight is 297 g/mol. The minimum absolute atomic E-state index is 0.0559. The van der Waals surface area contributed by atoms with Crippen LogP contribution >= 0.6 is 0 Å².